The zero-order valence-electron chi connectivity index (χ0n) is 12.6. The summed E-state index contributed by atoms with van der Waals surface area (Å²) < 4.78 is 0. The van der Waals surface area contributed by atoms with E-state index in [2.05, 4.69) is 32.6 Å². The van der Waals surface area contributed by atoms with Gasteiger partial charge < -0.3 is 10.6 Å². The molecule has 0 spiro atoms. The molecule has 0 bridgehead atoms. The van der Waals surface area contributed by atoms with Gasteiger partial charge in [-0.25, -0.2) is 0 Å². The van der Waals surface area contributed by atoms with Crippen molar-refractivity contribution in [2.24, 2.45) is 17.1 Å². The summed E-state index contributed by atoms with van der Waals surface area (Å²) in [6.45, 7) is 11.3. The maximum Gasteiger partial charge on any atom is 0.0963 e. The molecule has 3 N–H and O–H groups in total. The molecule has 0 saturated carbocycles. The van der Waals surface area contributed by atoms with E-state index in [0.717, 1.165) is 18.4 Å². The number of piperidine rings is 1. The van der Waals surface area contributed by atoms with Gasteiger partial charge in [0.2, 0.25) is 0 Å². The van der Waals surface area contributed by atoms with Crippen molar-refractivity contribution in [1.29, 1.82) is 5.41 Å². The molecule has 1 rings (SSSR count). The number of nitrogens with zero attached hydrogens (tertiary/aromatic N) is 1. The Morgan fingerprint density at radius 2 is 2.00 bits per heavy atom. The first-order chi connectivity index (χ1) is 8.34. The second-order valence-electron chi connectivity index (χ2n) is 6.65. The number of nitrogens with two attached hydrogens (primary N) is 1. The van der Waals surface area contributed by atoms with Crippen molar-refractivity contribution in [3.05, 3.63) is 0 Å². The van der Waals surface area contributed by atoms with Crippen LogP contribution in [0, 0.1) is 16.7 Å². The number of likely N-dealkylation sites (tertiary alicyclic amines) is 1. The minimum Gasteiger partial charge on any atom is -0.387 e. The van der Waals surface area contributed by atoms with E-state index in [4.69, 9.17) is 11.1 Å². The minimum atomic E-state index is -0.124. The lowest BCUT2D eigenvalue weighted by atomic mass is 9.86. The van der Waals surface area contributed by atoms with Crippen LogP contribution in [0.3, 0.4) is 0 Å². The minimum absolute atomic E-state index is 0.124. The van der Waals surface area contributed by atoms with Gasteiger partial charge in [0.05, 0.1) is 5.84 Å². The predicted octanol–water partition coefficient (Wildman–Crippen LogP) is 3.24. The summed E-state index contributed by atoms with van der Waals surface area (Å²) in [5, 5.41) is 7.55. The van der Waals surface area contributed by atoms with Crippen molar-refractivity contribution in [1.82, 2.24) is 4.90 Å². The standard InChI is InChI=1S/C15H31N3/c1-12-8-7-11-18(13(12)2)10-6-5-9-15(3,4)14(16)17/h12-13H,5-11H2,1-4H3,(H3,16,17). The molecule has 0 aromatic carbocycles. The van der Waals surface area contributed by atoms with Gasteiger partial charge in [-0.15, -0.1) is 0 Å². The SMILES string of the molecule is CC1CCCN(CCCCC(C)(C)C(=N)N)C1C. The van der Waals surface area contributed by atoms with Crippen LogP contribution < -0.4 is 5.73 Å². The van der Waals surface area contributed by atoms with Crippen molar-refractivity contribution < 1.29 is 0 Å². The molecule has 2 unspecified atom stereocenters. The van der Waals surface area contributed by atoms with Gasteiger partial charge in [-0.1, -0.05) is 27.2 Å². The zero-order chi connectivity index (χ0) is 13.8. The summed E-state index contributed by atoms with van der Waals surface area (Å²) in [5.74, 6) is 1.16. The fraction of sp³-hybridized carbons (Fsp3) is 0.933. The van der Waals surface area contributed by atoms with Crippen molar-refractivity contribution in [3.8, 4) is 0 Å². The van der Waals surface area contributed by atoms with E-state index in [9.17, 15) is 0 Å². The zero-order valence-corrected chi connectivity index (χ0v) is 12.6. The number of hydrogen-bond donors (Lipinski definition) is 2. The fourth-order valence-corrected chi connectivity index (χ4v) is 2.75. The van der Waals surface area contributed by atoms with E-state index in [1.54, 1.807) is 0 Å². The van der Waals surface area contributed by atoms with Crippen LogP contribution in [0.2, 0.25) is 0 Å². The molecule has 0 aromatic rings. The Balaban J connectivity index is 2.23. The molecule has 0 amide bonds. The van der Waals surface area contributed by atoms with Crippen LogP contribution in [0.5, 0.6) is 0 Å². The molecule has 1 aliphatic heterocycles. The first-order valence-electron chi connectivity index (χ1n) is 7.43. The molecule has 1 aliphatic rings. The summed E-state index contributed by atoms with van der Waals surface area (Å²) >= 11 is 0. The Labute approximate surface area is 113 Å². The van der Waals surface area contributed by atoms with E-state index >= 15 is 0 Å². The van der Waals surface area contributed by atoms with Gasteiger partial charge in [-0.2, -0.15) is 0 Å². The van der Waals surface area contributed by atoms with Crippen LogP contribution in [0.1, 0.15) is 59.8 Å². The van der Waals surface area contributed by atoms with Crippen molar-refractivity contribution >= 4 is 5.84 Å². The Hall–Kier alpha value is -0.570. The summed E-state index contributed by atoms with van der Waals surface area (Å²) in [7, 11) is 0. The number of hydrogen-bond acceptors (Lipinski definition) is 2. The molecule has 1 saturated heterocycles. The number of rotatable bonds is 6. The highest BCUT2D eigenvalue weighted by Gasteiger charge is 2.25. The summed E-state index contributed by atoms with van der Waals surface area (Å²) in [6, 6.07) is 0.736. The largest absolute Gasteiger partial charge is 0.387 e. The Bertz CT molecular complexity index is 273. The van der Waals surface area contributed by atoms with Crippen LogP contribution in [-0.4, -0.2) is 29.9 Å². The monoisotopic (exact) mass is 253 g/mol. The fourth-order valence-electron chi connectivity index (χ4n) is 2.75. The lowest BCUT2D eigenvalue weighted by molar-refractivity contribution is 0.111. The number of nitrogens with one attached hydrogen (secondary N) is 1. The number of unbranched alkanes of at least 4 members (excludes halogenated alkanes) is 1. The highest BCUT2D eigenvalue weighted by molar-refractivity contribution is 5.82. The molecule has 0 aliphatic carbocycles. The van der Waals surface area contributed by atoms with Gasteiger partial charge >= 0.3 is 0 Å². The molecule has 3 nitrogen and oxygen atoms in total. The average Bonchev–Trinajstić information content (AvgIpc) is 2.29. The van der Waals surface area contributed by atoms with E-state index in [0.29, 0.717) is 5.84 Å². The Morgan fingerprint density at radius 1 is 1.33 bits per heavy atom. The molecule has 1 heterocycles. The van der Waals surface area contributed by atoms with Crippen LogP contribution in [-0.2, 0) is 0 Å². The molecule has 3 heteroatoms. The summed E-state index contributed by atoms with van der Waals surface area (Å²) in [6.07, 6.45) is 6.16. The highest BCUT2D eigenvalue weighted by Crippen LogP contribution is 2.25. The van der Waals surface area contributed by atoms with E-state index < -0.39 is 0 Å². The van der Waals surface area contributed by atoms with E-state index in [1.807, 2.05) is 0 Å². The third-order valence-corrected chi connectivity index (χ3v) is 4.73. The molecular formula is C15H31N3. The average molecular weight is 253 g/mol. The third kappa shape index (κ3) is 4.27. The molecule has 2 atom stereocenters. The summed E-state index contributed by atoms with van der Waals surface area (Å²) in [4.78, 5) is 2.63. The third-order valence-electron chi connectivity index (χ3n) is 4.73. The molecular weight excluding hydrogens is 222 g/mol. The first kappa shape index (κ1) is 15.5. The van der Waals surface area contributed by atoms with Crippen molar-refractivity contribution in [2.75, 3.05) is 13.1 Å². The number of amidine groups is 1. The van der Waals surface area contributed by atoms with Gasteiger partial charge in [-0.05, 0) is 51.6 Å². The van der Waals surface area contributed by atoms with Crippen molar-refractivity contribution in [2.45, 2.75) is 65.8 Å². The van der Waals surface area contributed by atoms with Crippen molar-refractivity contribution in [3.63, 3.8) is 0 Å². The normalized spacial score (nSPS) is 26.2. The second-order valence-corrected chi connectivity index (χ2v) is 6.65. The van der Waals surface area contributed by atoms with Crippen LogP contribution in [0.4, 0.5) is 0 Å². The van der Waals surface area contributed by atoms with Gasteiger partial charge in [0, 0.05) is 11.5 Å². The van der Waals surface area contributed by atoms with Gasteiger partial charge in [0.1, 0.15) is 0 Å². The van der Waals surface area contributed by atoms with E-state index in [-0.39, 0.29) is 5.41 Å². The second kappa shape index (κ2) is 6.55. The van der Waals surface area contributed by atoms with E-state index in [1.165, 1.54) is 38.8 Å². The predicted molar refractivity (Wildman–Crippen MR) is 79.0 cm³/mol. The maximum absolute atomic E-state index is 7.55. The van der Waals surface area contributed by atoms with Gasteiger partial charge in [0.25, 0.3) is 0 Å². The summed E-state index contributed by atoms with van der Waals surface area (Å²) in [5.41, 5.74) is 5.48. The topological polar surface area (TPSA) is 53.1 Å². The van der Waals surface area contributed by atoms with Crippen LogP contribution >= 0.6 is 0 Å². The molecule has 0 aromatic heterocycles. The smallest absolute Gasteiger partial charge is 0.0963 e. The Morgan fingerprint density at radius 3 is 2.61 bits per heavy atom. The van der Waals surface area contributed by atoms with Crippen LogP contribution in [0.15, 0.2) is 0 Å². The van der Waals surface area contributed by atoms with Gasteiger partial charge in [-0.3, -0.25) is 5.41 Å². The molecule has 0 radical (unpaired) electrons. The maximum atomic E-state index is 7.55. The first-order valence-corrected chi connectivity index (χ1v) is 7.43. The van der Waals surface area contributed by atoms with Gasteiger partial charge in [0.15, 0.2) is 0 Å². The lowest BCUT2D eigenvalue weighted by Crippen LogP contribution is -2.42. The quantitative estimate of drug-likeness (QED) is 0.434. The lowest BCUT2D eigenvalue weighted by Gasteiger charge is -2.38. The Kier molecular flexibility index (Phi) is 5.64. The molecule has 18 heavy (non-hydrogen) atoms. The highest BCUT2D eigenvalue weighted by atomic mass is 15.2. The molecule has 1 fully saturated rings. The molecule has 106 valence electrons. The van der Waals surface area contributed by atoms with Crippen LogP contribution in [0.25, 0.3) is 0 Å².